The lowest BCUT2D eigenvalue weighted by molar-refractivity contribution is 0.338. The van der Waals surface area contributed by atoms with Crippen molar-refractivity contribution in [3.05, 3.63) is 52.3 Å². The van der Waals surface area contributed by atoms with E-state index in [1.165, 1.54) is 12.1 Å². The van der Waals surface area contributed by atoms with Crippen LogP contribution in [-0.2, 0) is 14.4 Å². The Labute approximate surface area is 161 Å². The molecule has 0 bridgehead atoms. The first kappa shape index (κ1) is 19.9. The Kier molecular flexibility index (Phi) is 7.04. The van der Waals surface area contributed by atoms with Crippen molar-refractivity contribution in [3.8, 4) is 0 Å². The number of aromatic nitrogens is 1. The molecule has 0 aliphatic carbocycles. The molecule has 2 rings (SSSR count). The molecule has 1 aromatic heterocycles. The summed E-state index contributed by atoms with van der Waals surface area (Å²) in [7, 11) is -3.95. The standard InChI is InChI=1S/C17H19BrN2O3S2/c1-4-15(17-16(24-5-2)10-13(18)11-19-17)20-23-25(21,22)14-8-6-12(3)7-9-14/h6-11H,4-5H2,1-3H3. The number of thioether (sulfide) groups is 1. The second-order valence-corrected chi connectivity index (χ2v) is 8.92. The van der Waals surface area contributed by atoms with Crippen LogP contribution in [-0.4, -0.2) is 24.9 Å². The normalized spacial score (nSPS) is 12.2. The third-order valence-electron chi connectivity index (χ3n) is 3.28. The van der Waals surface area contributed by atoms with Crippen LogP contribution in [0, 0.1) is 6.92 Å². The summed E-state index contributed by atoms with van der Waals surface area (Å²) in [5.41, 5.74) is 2.09. The van der Waals surface area contributed by atoms with Gasteiger partial charge in [-0.2, -0.15) is 8.42 Å². The summed E-state index contributed by atoms with van der Waals surface area (Å²) in [5, 5.41) is 3.89. The van der Waals surface area contributed by atoms with E-state index >= 15 is 0 Å². The van der Waals surface area contributed by atoms with Crippen molar-refractivity contribution in [1.29, 1.82) is 0 Å². The van der Waals surface area contributed by atoms with E-state index in [2.05, 4.69) is 26.1 Å². The van der Waals surface area contributed by atoms with Gasteiger partial charge in [-0.15, -0.1) is 11.8 Å². The molecule has 0 saturated heterocycles. The summed E-state index contributed by atoms with van der Waals surface area (Å²) in [4.78, 5) is 5.38. The van der Waals surface area contributed by atoms with Gasteiger partial charge < -0.3 is 0 Å². The van der Waals surface area contributed by atoms with E-state index in [1.807, 2.05) is 26.8 Å². The highest BCUT2D eigenvalue weighted by Crippen LogP contribution is 2.26. The highest BCUT2D eigenvalue weighted by molar-refractivity contribution is 9.10. The van der Waals surface area contributed by atoms with Gasteiger partial charge in [0.05, 0.1) is 0 Å². The second kappa shape index (κ2) is 8.82. The minimum absolute atomic E-state index is 0.0734. The van der Waals surface area contributed by atoms with Crippen molar-refractivity contribution in [3.63, 3.8) is 0 Å². The summed E-state index contributed by atoms with van der Waals surface area (Å²) in [6.07, 6.45) is 2.16. The maximum atomic E-state index is 12.3. The van der Waals surface area contributed by atoms with Gasteiger partial charge in [0.1, 0.15) is 16.3 Å². The molecule has 0 aliphatic rings. The number of oxime groups is 1. The van der Waals surface area contributed by atoms with Crippen molar-refractivity contribution in [1.82, 2.24) is 4.98 Å². The molecule has 0 atom stereocenters. The maximum Gasteiger partial charge on any atom is 0.358 e. The van der Waals surface area contributed by atoms with Gasteiger partial charge in [-0.3, -0.25) is 9.27 Å². The Morgan fingerprint density at radius 3 is 2.56 bits per heavy atom. The highest BCUT2D eigenvalue weighted by atomic mass is 79.9. The maximum absolute atomic E-state index is 12.3. The van der Waals surface area contributed by atoms with Crippen molar-refractivity contribution >= 4 is 43.5 Å². The van der Waals surface area contributed by atoms with Crippen LogP contribution in [0.2, 0.25) is 0 Å². The number of hydrogen-bond acceptors (Lipinski definition) is 6. The van der Waals surface area contributed by atoms with Crippen molar-refractivity contribution in [2.45, 2.75) is 37.0 Å². The number of halogens is 1. The third kappa shape index (κ3) is 5.29. The zero-order valence-electron chi connectivity index (χ0n) is 14.2. The monoisotopic (exact) mass is 442 g/mol. The first-order valence-corrected chi connectivity index (χ1v) is 10.9. The molecule has 1 aromatic carbocycles. The Hall–Kier alpha value is -1.38. The van der Waals surface area contributed by atoms with E-state index in [0.717, 1.165) is 20.7 Å². The molecule has 2 aromatic rings. The number of nitrogens with zero attached hydrogens (tertiary/aromatic N) is 2. The van der Waals surface area contributed by atoms with Crippen molar-refractivity contribution < 1.29 is 12.7 Å². The molecule has 0 amide bonds. The SMILES string of the molecule is CCSc1cc(Br)cnc1C(CC)=NOS(=O)(=O)c1ccc(C)cc1. The summed E-state index contributed by atoms with van der Waals surface area (Å²) >= 11 is 5.01. The molecule has 8 heteroatoms. The van der Waals surface area contributed by atoms with Crippen LogP contribution in [0.5, 0.6) is 0 Å². The summed E-state index contributed by atoms with van der Waals surface area (Å²) < 4.78 is 30.4. The fourth-order valence-electron chi connectivity index (χ4n) is 2.02. The van der Waals surface area contributed by atoms with Crippen LogP contribution >= 0.6 is 27.7 Å². The van der Waals surface area contributed by atoms with Gasteiger partial charge in [0, 0.05) is 15.6 Å². The van der Waals surface area contributed by atoms with E-state index < -0.39 is 10.1 Å². The first-order valence-electron chi connectivity index (χ1n) is 7.73. The zero-order chi connectivity index (χ0) is 18.4. The quantitative estimate of drug-likeness (QED) is 0.350. The molecule has 0 unspecified atom stereocenters. The molecule has 25 heavy (non-hydrogen) atoms. The van der Waals surface area contributed by atoms with Crippen LogP contribution in [0.1, 0.15) is 31.5 Å². The lowest BCUT2D eigenvalue weighted by atomic mass is 10.2. The largest absolute Gasteiger partial charge is 0.358 e. The van der Waals surface area contributed by atoms with Gasteiger partial charge in [-0.1, -0.05) is 36.7 Å². The predicted octanol–water partition coefficient (Wildman–Crippen LogP) is 4.78. The predicted molar refractivity (Wildman–Crippen MR) is 105 cm³/mol. The van der Waals surface area contributed by atoms with Gasteiger partial charge in [0.15, 0.2) is 0 Å². The molecule has 134 valence electrons. The first-order chi connectivity index (χ1) is 11.9. The summed E-state index contributed by atoms with van der Waals surface area (Å²) in [5.74, 6) is 0.866. The zero-order valence-corrected chi connectivity index (χ0v) is 17.4. The van der Waals surface area contributed by atoms with E-state index in [0.29, 0.717) is 17.8 Å². The van der Waals surface area contributed by atoms with Gasteiger partial charge >= 0.3 is 10.1 Å². The van der Waals surface area contributed by atoms with Crippen molar-refractivity contribution in [2.75, 3.05) is 5.75 Å². The van der Waals surface area contributed by atoms with Crippen molar-refractivity contribution in [2.24, 2.45) is 5.16 Å². The minimum Gasteiger partial charge on any atom is -0.264 e. The van der Waals surface area contributed by atoms with Gasteiger partial charge in [0.2, 0.25) is 0 Å². The van der Waals surface area contributed by atoms with E-state index in [9.17, 15) is 8.42 Å². The third-order valence-corrected chi connectivity index (χ3v) is 5.75. The second-order valence-electron chi connectivity index (χ2n) is 5.17. The van der Waals surface area contributed by atoms with Crippen LogP contribution < -0.4 is 0 Å². The smallest absolute Gasteiger partial charge is 0.264 e. The fourth-order valence-corrected chi connectivity index (χ4v) is 4.08. The minimum atomic E-state index is -3.95. The fraction of sp³-hybridized carbons (Fsp3) is 0.294. The Bertz CT molecular complexity index is 866. The summed E-state index contributed by atoms with van der Waals surface area (Å²) in [6.45, 7) is 5.80. The number of pyridine rings is 1. The molecule has 0 aliphatic heterocycles. The van der Waals surface area contributed by atoms with Crippen LogP contribution in [0.25, 0.3) is 0 Å². The lowest BCUT2D eigenvalue weighted by Gasteiger charge is -2.09. The Morgan fingerprint density at radius 1 is 1.28 bits per heavy atom. The lowest BCUT2D eigenvalue weighted by Crippen LogP contribution is -2.09. The van der Waals surface area contributed by atoms with Gasteiger partial charge in [-0.05, 0) is 53.2 Å². The molecular formula is C17H19BrN2O3S2. The molecule has 1 heterocycles. The van der Waals surface area contributed by atoms with E-state index in [1.54, 1.807) is 30.1 Å². The molecule has 0 spiro atoms. The molecule has 0 N–H and O–H groups in total. The molecular weight excluding hydrogens is 424 g/mol. The van der Waals surface area contributed by atoms with Crippen LogP contribution in [0.3, 0.4) is 0 Å². The van der Waals surface area contributed by atoms with Crippen LogP contribution in [0.15, 0.2) is 55.9 Å². The average Bonchev–Trinajstić information content (AvgIpc) is 2.57. The average molecular weight is 443 g/mol. The molecule has 0 saturated carbocycles. The Morgan fingerprint density at radius 2 is 1.96 bits per heavy atom. The topological polar surface area (TPSA) is 68.6 Å². The number of hydrogen-bond donors (Lipinski definition) is 0. The van der Waals surface area contributed by atoms with Gasteiger partial charge in [0.25, 0.3) is 0 Å². The number of aryl methyl sites for hydroxylation is 1. The molecule has 0 radical (unpaired) electrons. The van der Waals surface area contributed by atoms with Gasteiger partial charge in [-0.25, -0.2) is 0 Å². The highest BCUT2D eigenvalue weighted by Gasteiger charge is 2.17. The van der Waals surface area contributed by atoms with E-state index in [4.69, 9.17) is 4.28 Å². The number of benzene rings is 1. The van der Waals surface area contributed by atoms with E-state index in [-0.39, 0.29) is 4.90 Å². The molecule has 5 nitrogen and oxygen atoms in total. The summed E-state index contributed by atoms with van der Waals surface area (Å²) in [6, 6.07) is 8.38. The molecule has 0 fully saturated rings. The Balaban J connectivity index is 2.33. The number of rotatable bonds is 7. The van der Waals surface area contributed by atoms with Crippen LogP contribution in [0.4, 0.5) is 0 Å².